The highest BCUT2D eigenvalue weighted by Crippen LogP contribution is 2.25. The molecule has 0 saturated carbocycles. The maximum atomic E-state index is 12.5. The molecular weight excluding hydrogens is 301 g/mol. The molecule has 1 aromatic rings. The fourth-order valence-corrected chi connectivity index (χ4v) is 1.75. The topological polar surface area (TPSA) is 36.7 Å². The van der Waals surface area contributed by atoms with Crippen molar-refractivity contribution >= 4 is 22.6 Å². The maximum Gasteiger partial charge on any atom is 0.264 e. The van der Waals surface area contributed by atoms with Crippen LogP contribution < -0.4 is 0 Å². The van der Waals surface area contributed by atoms with Crippen LogP contribution in [-0.4, -0.2) is 4.98 Å². The minimum Gasteiger partial charge on any atom is -0.246 e. The Morgan fingerprint density at radius 3 is 2.79 bits per heavy atom. The molecule has 1 aromatic heterocycles. The zero-order valence-corrected chi connectivity index (χ0v) is 9.55. The van der Waals surface area contributed by atoms with Crippen LogP contribution in [0.3, 0.4) is 0 Å². The van der Waals surface area contributed by atoms with Gasteiger partial charge in [-0.3, -0.25) is 0 Å². The van der Waals surface area contributed by atoms with E-state index in [1.165, 1.54) is 6.07 Å². The lowest BCUT2D eigenvalue weighted by Crippen LogP contribution is -2.01. The Kier molecular flexibility index (Phi) is 3.75. The number of pyridine rings is 1. The number of rotatable bonds is 2. The van der Waals surface area contributed by atoms with Crippen LogP contribution in [0.2, 0.25) is 0 Å². The molecule has 1 rings (SSSR count). The first kappa shape index (κ1) is 11.3. The van der Waals surface area contributed by atoms with E-state index in [1.807, 2.05) is 28.7 Å². The number of halogens is 3. The lowest BCUT2D eigenvalue weighted by atomic mass is 10.1. The van der Waals surface area contributed by atoms with Crippen LogP contribution in [-0.2, 0) is 6.42 Å². The maximum absolute atomic E-state index is 12.5. The van der Waals surface area contributed by atoms with E-state index < -0.39 is 6.43 Å². The highest BCUT2D eigenvalue weighted by molar-refractivity contribution is 14.1. The van der Waals surface area contributed by atoms with E-state index in [2.05, 4.69) is 4.98 Å². The average Bonchev–Trinajstić information content (AvgIpc) is 2.10. The molecule has 74 valence electrons. The number of nitriles is 1. The lowest BCUT2D eigenvalue weighted by Gasteiger charge is -2.08. The first-order valence-corrected chi connectivity index (χ1v) is 4.95. The first-order chi connectivity index (χ1) is 6.56. The molecule has 14 heavy (non-hydrogen) atoms. The van der Waals surface area contributed by atoms with Crippen LogP contribution in [0.1, 0.15) is 23.2 Å². The normalized spacial score (nSPS) is 10.3. The number of alkyl halides is 2. The standard InChI is InChI=1S/C9H7F2IN2/c1-5-6(9(10)11)4-8(12)14-7(5)2-3-13/h4,9H,2H2,1H3. The molecule has 1 heterocycles. The van der Waals surface area contributed by atoms with Gasteiger partial charge in [0.1, 0.15) is 3.70 Å². The molecule has 0 radical (unpaired) electrons. The van der Waals surface area contributed by atoms with Crippen LogP contribution in [0, 0.1) is 22.0 Å². The van der Waals surface area contributed by atoms with Crippen LogP contribution in [0.5, 0.6) is 0 Å². The lowest BCUT2D eigenvalue weighted by molar-refractivity contribution is 0.150. The molecule has 0 bridgehead atoms. The van der Waals surface area contributed by atoms with Crippen molar-refractivity contribution in [2.75, 3.05) is 0 Å². The van der Waals surface area contributed by atoms with Gasteiger partial charge >= 0.3 is 0 Å². The first-order valence-electron chi connectivity index (χ1n) is 3.87. The van der Waals surface area contributed by atoms with Crippen molar-refractivity contribution in [2.45, 2.75) is 19.8 Å². The van der Waals surface area contributed by atoms with E-state index in [1.54, 1.807) is 6.92 Å². The third kappa shape index (κ3) is 2.38. The fourth-order valence-electron chi connectivity index (χ4n) is 1.12. The largest absolute Gasteiger partial charge is 0.264 e. The summed E-state index contributed by atoms with van der Waals surface area (Å²) in [7, 11) is 0. The molecule has 0 aromatic carbocycles. The number of hydrogen-bond acceptors (Lipinski definition) is 2. The Morgan fingerprint density at radius 1 is 1.64 bits per heavy atom. The average molecular weight is 308 g/mol. The van der Waals surface area contributed by atoms with E-state index in [-0.39, 0.29) is 12.0 Å². The fraction of sp³-hybridized carbons (Fsp3) is 0.333. The molecule has 0 spiro atoms. The van der Waals surface area contributed by atoms with Gasteiger partial charge in [-0.25, -0.2) is 13.8 Å². The van der Waals surface area contributed by atoms with Crippen molar-refractivity contribution in [3.8, 4) is 6.07 Å². The summed E-state index contributed by atoms with van der Waals surface area (Å²) in [4.78, 5) is 4.04. The third-order valence-corrected chi connectivity index (χ3v) is 2.42. The van der Waals surface area contributed by atoms with Gasteiger partial charge in [0.05, 0.1) is 18.2 Å². The Labute approximate surface area is 94.1 Å². The predicted octanol–water partition coefficient (Wildman–Crippen LogP) is 3.00. The second-order valence-corrected chi connectivity index (χ2v) is 3.85. The molecule has 0 aliphatic heterocycles. The second-order valence-electron chi connectivity index (χ2n) is 2.74. The zero-order chi connectivity index (χ0) is 10.7. The van der Waals surface area contributed by atoms with Gasteiger partial charge in [0.15, 0.2) is 0 Å². The van der Waals surface area contributed by atoms with E-state index in [0.717, 1.165) is 0 Å². The van der Waals surface area contributed by atoms with Crippen LogP contribution >= 0.6 is 22.6 Å². The zero-order valence-electron chi connectivity index (χ0n) is 7.39. The van der Waals surface area contributed by atoms with Crippen molar-refractivity contribution in [3.05, 3.63) is 26.6 Å². The van der Waals surface area contributed by atoms with Crippen LogP contribution in [0.25, 0.3) is 0 Å². The van der Waals surface area contributed by atoms with Crippen molar-refractivity contribution in [2.24, 2.45) is 0 Å². The summed E-state index contributed by atoms with van der Waals surface area (Å²) < 4.78 is 25.5. The summed E-state index contributed by atoms with van der Waals surface area (Å²) in [6.45, 7) is 1.57. The molecule has 0 aliphatic rings. The Bertz CT molecular complexity index is 385. The van der Waals surface area contributed by atoms with E-state index in [0.29, 0.717) is 15.0 Å². The SMILES string of the molecule is Cc1c(C(F)F)cc(I)nc1CC#N. The Morgan fingerprint density at radius 2 is 2.29 bits per heavy atom. The van der Waals surface area contributed by atoms with Crippen molar-refractivity contribution in [3.63, 3.8) is 0 Å². The smallest absolute Gasteiger partial charge is 0.246 e. The number of aromatic nitrogens is 1. The van der Waals surface area contributed by atoms with E-state index in [9.17, 15) is 8.78 Å². The second kappa shape index (κ2) is 4.64. The van der Waals surface area contributed by atoms with Crippen molar-refractivity contribution in [1.29, 1.82) is 5.26 Å². The van der Waals surface area contributed by atoms with E-state index >= 15 is 0 Å². The highest BCUT2D eigenvalue weighted by Gasteiger charge is 2.15. The number of nitrogens with zero attached hydrogens (tertiary/aromatic N) is 2. The van der Waals surface area contributed by atoms with Crippen LogP contribution in [0.15, 0.2) is 6.07 Å². The van der Waals surface area contributed by atoms with Gasteiger partial charge in [-0.05, 0) is 41.1 Å². The van der Waals surface area contributed by atoms with Gasteiger partial charge in [0.25, 0.3) is 6.43 Å². The molecule has 0 saturated heterocycles. The quantitative estimate of drug-likeness (QED) is 0.622. The van der Waals surface area contributed by atoms with Gasteiger partial charge in [0, 0.05) is 5.56 Å². The molecular formula is C9H7F2IN2. The summed E-state index contributed by atoms with van der Waals surface area (Å²) >= 11 is 1.87. The molecule has 5 heteroatoms. The predicted molar refractivity (Wildman–Crippen MR) is 56.0 cm³/mol. The monoisotopic (exact) mass is 308 g/mol. The summed E-state index contributed by atoms with van der Waals surface area (Å²) in [5, 5.41) is 8.48. The molecule has 0 fully saturated rings. The Hall–Kier alpha value is -0.770. The summed E-state index contributed by atoms with van der Waals surface area (Å²) in [6.07, 6.45) is -2.44. The number of hydrogen-bond donors (Lipinski definition) is 0. The van der Waals surface area contributed by atoms with Gasteiger partial charge in [-0.1, -0.05) is 0 Å². The van der Waals surface area contributed by atoms with Gasteiger partial charge in [-0.2, -0.15) is 5.26 Å². The molecule has 0 aliphatic carbocycles. The Balaban J connectivity index is 3.26. The molecule has 0 atom stereocenters. The van der Waals surface area contributed by atoms with Crippen LogP contribution in [0.4, 0.5) is 8.78 Å². The molecule has 0 unspecified atom stereocenters. The minimum absolute atomic E-state index is 0.0327. The summed E-state index contributed by atoms with van der Waals surface area (Å²) in [6, 6.07) is 3.26. The summed E-state index contributed by atoms with van der Waals surface area (Å²) in [5.41, 5.74) is 0.825. The molecule has 0 N–H and O–H groups in total. The van der Waals surface area contributed by atoms with Gasteiger partial charge < -0.3 is 0 Å². The third-order valence-electron chi connectivity index (χ3n) is 1.86. The summed E-state index contributed by atoms with van der Waals surface area (Å²) in [5.74, 6) is 0. The van der Waals surface area contributed by atoms with Crippen molar-refractivity contribution in [1.82, 2.24) is 4.98 Å². The van der Waals surface area contributed by atoms with E-state index in [4.69, 9.17) is 5.26 Å². The molecule has 0 amide bonds. The minimum atomic E-state index is -2.51. The highest BCUT2D eigenvalue weighted by atomic mass is 127. The van der Waals surface area contributed by atoms with Crippen molar-refractivity contribution < 1.29 is 8.78 Å². The molecule has 2 nitrogen and oxygen atoms in total. The van der Waals surface area contributed by atoms with Gasteiger partial charge in [0.2, 0.25) is 0 Å². The van der Waals surface area contributed by atoms with Gasteiger partial charge in [-0.15, -0.1) is 0 Å².